The fourth-order valence-electron chi connectivity index (χ4n) is 4.33. The van der Waals surface area contributed by atoms with Crippen LogP contribution in [0.15, 0.2) is 6.20 Å². The highest BCUT2D eigenvalue weighted by Crippen LogP contribution is 2.14. The second-order valence-corrected chi connectivity index (χ2v) is 11.2. The van der Waals surface area contributed by atoms with Crippen LogP contribution in [0.25, 0.3) is 0 Å². The van der Waals surface area contributed by atoms with Crippen LogP contribution in [0.3, 0.4) is 0 Å². The zero-order valence-electron chi connectivity index (χ0n) is 23.8. The number of unbranched alkanes of at least 4 members (excludes halogenated alkanes) is 7. The molecule has 2 N–H and O–H groups in total. The van der Waals surface area contributed by atoms with Gasteiger partial charge in [0.05, 0.1) is 11.8 Å². The molecule has 216 valence electrons. The van der Waals surface area contributed by atoms with E-state index in [0.717, 1.165) is 44.9 Å². The summed E-state index contributed by atoms with van der Waals surface area (Å²) in [6.07, 6.45) is 10.5. The van der Waals surface area contributed by atoms with Gasteiger partial charge in [0.1, 0.15) is 12.1 Å². The van der Waals surface area contributed by atoms with Crippen molar-refractivity contribution in [3.05, 3.63) is 11.9 Å². The fourth-order valence-corrected chi connectivity index (χ4v) is 4.33. The van der Waals surface area contributed by atoms with Gasteiger partial charge in [-0.25, -0.2) is 9.48 Å². The Kier molecular flexibility index (Phi) is 13.5. The quantitative estimate of drug-likeness (QED) is 0.330. The highest BCUT2D eigenvalue weighted by molar-refractivity contribution is 5.77. The minimum absolute atomic E-state index is 0.0852. The molecular weight excluding hydrogens is 488 g/mol. The Morgan fingerprint density at radius 3 is 2.16 bits per heavy atom. The number of amides is 3. The first-order chi connectivity index (χ1) is 18.0. The first kappa shape index (κ1) is 31.5. The summed E-state index contributed by atoms with van der Waals surface area (Å²) in [5.74, 6) is 0.0952. The first-order valence-corrected chi connectivity index (χ1v) is 14.1. The number of hydrogen-bond donors (Lipinski definition) is 2. The minimum Gasteiger partial charge on any atom is -0.444 e. The van der Waals surface area contributed by atoms with E-state index in [9.17, 15) is 19.5 Å². The predicted octanol–water partition coefficient (Wildman–Crippen LogP) is 2.91. The zero-order valence-corrected chi connectivity index (χ0v) is 23.8. The van der Waals surface area contributed by atoms with Gasteiger partial charge in [-0.05, 0) is 40.5 Å². The number of ether oxygens (including phenoxy) is 1. The van der Waals surface area contributed by atoms with Gasteiger partial charge in [-0.3, -0.25) is 9.59 Å². The summed E-state index contributed by atoms with van der Waals surface area (Å²) in [4.78, 5) is 40.2. The molecule has 1 saturated heterocycles. The summed E-state index contributed by atoms with van der Waals surface area (Å²) in [6.45, 7) is 10.2. The molecule has 0 unspecified atom stereocenters. The standard InChI is InChI=1S/C27H48N6O5/c1-22(34)19-23-20-33(30-29-23)21-24(35)28-14-12-10-8-6-5-7-9-11-13-25(36)31-15-17-32(18-16-31)26(37)38-27(2,3)4/h20,22,34H,5-19,21H2,1-4H3,(H,28,35)/t22-/m1/s1. The van der Waals surface area contributed by atoms with E-state index in [-0.39, 0.29) is 24.5 Å². The van der Waals surface area contributed by atoms with Crippen molar-refractivity contribution in [1.82, 2.24) is 30.1 Å². The van der Waals surface area contributed by atoms with E-state index < -0.39 is 11.7 Å². The van der Waals surface area contributed by atoms with E-state index >= 15 is 0 Å². The Morgan fingerprint density at radius 2 is 1.55 bits per heavy atom. The highest BCUT2D eigenvalue weighted by Gasteiger charge is 2.27. The largest absolute Gasteiger partial charge is 0.444 e. The molecule has 2 heterocycles. The molecule has 1 fully saturated rings. The van der Waals surface area contributed by atoms with Gasteiger partial charge in [0, 0.05) is 51.8 Å². The topological polar surface area (TPSA) is 130 Å². The number of carbonyl (C=O) groups excluding carboxylic acids is 3. The Balaban J connectivity index is 1.40. The lowest BCUT2D eigenvalue weighted by Crippen LogP contribution is -2.51. The molecule has 0 bridgehead atoms. The second kappa shape index (κ2) is 16.3. The Morgan fingerprint density at radius 1 is 0.974 bits per heavy atom. The van der Waals surface area contributed by atoms with Crippen LogP contribution in [0.1, 0.15) is 91.2 Å². The number of piperazine rings is 1. The molecule has 11 nitrogen and oxygen atoms in total. The summed E-state index contributed by atoms with van der Waals surface area (Å²) in [5, 5.41) is 20.2. The van der Waals surface area contributed by atoms with E-state index in [1.165, 1.54) is 11.1 Å². The molecule has 1 aliphatic heterocycles. The molecule has 0 spiro atoms. The number of nitrogens with zero attached hydrogens (tertiary/aromatic N) is 5. The van der Waals surface area contributed by atoms with Gasteiger partial charge in [0.25, 0.3) is 0 Å². The highest BCUT2D eigenvalue weighted by atomic mass is 16.6. The van der Waals surface area contributed by atoms with Crippen molar-refractivity contribution in [1.29, 1.82) is 0 Å². The third-order valence-corrected chi connectivity index (χ3v) is 6.32. The van der Waals surface area contributed by atoms with Gasteiger partial charge < -0.3 is 25.0 Å². The van der Waals surface area contributed by atoms with Gasteiger partial charge in [0.2, 0.25) is 11.8 Å². The van der Waals surface area contributed by atoms with E-state index in [2.05, 4.69) is 15.6 Å². The summed E-state index contributed by atoms with van der Waals surface area (Å²) in [7, 11) is 0. The third-order valence-electron chi connectivity index (χ3n) is 6.32. The van der Waals surface area contributed by atoms with Crippen LogP contribution >= 0.6 is 0 Å². The Hall–Kier alpha value is -2.69. The van der Waals surface area contributed by atoms with E-state index in [1.54, 1.807) is 18.0 Å². The number of hydrogen-bond acceptors (Lipinski definition) is 7. The van der Waals surface area contributed by atoms with Crippen molar-refractivity contribution >= 4 is 17.9 Å². The molecular formula is C27H48N6O5. The van der Waals surface area contributed by atoms with Crippen molar-refractivity contribution in [3.8, 4) is 0 Å². The van der Waals surface area contributed by atoms with Crippen molar-refractivity contribution < 1.29 is 24.2 Å². The molecule has 3 amide bonds. The third kappa shape index (κ3) is 13.2. The molecule has 1 aromatic heterocycles. The van der Waals surface area contributed by atoms with Gasteiger partial charge in [-0.1, -0.05) is 43.7 Å². The molecule has 0 aliphatic carbocycles. The van der Waals surface area contributed by atoms with Crippen LogP contribution in [0.4, 0.5) is 4.79 Å². The van der Waals surface area contributed by atoms with E-state index in [4.69, 9.17) is 4.74 Å². The molecule has 0 aromatic carbocycles. The number of rotatable bonds is 15. The zero-order chi connectivity index (χ0) is 28.0. The van der Waals surface area contributed by atoms with Crippen LogP contribution in [0, 0.1) is 0 Å². The lowest BCUT2D eigenvalue weighted by atomic mass is 10.1. The maximum absolute atomic E-state index is 12.5. The molecule has 38 heavy (non-hydrogen) atoms. The number of carbonyl (C=O) groups is 3. The van der Waals surface area contributed by atoms with Crippen molar-refractivity contribution in [2.75, 3.05) is 32.7 Å². The molecule has 1 aliphatic rings. The Bertz CT molecular complexity index is 858. The fraction of sp³-hybridized carbons (Fsp3) is 0.815. The minimum atomic E-state index is -0.506. The molecule has 0 saturated carbocycles. The number of aliphatic hydroxyl groups is 1. The van der Waals surface area contributed by atoms with E-state index in [1.807, 2.05) is 25.7 Å². The molecule has 11 heteroatoms. The SMILES string of the molecule is C[C@@H](O)Cc1cn(CC(=O)NCCCCCCCCCCC(=O)N2CCN(C(=O)OC(C)(C)C)CC2)nn1. The van der Waals surface area contributed by atoms with Crippen LogP contribution in [-0.2, 0) is 27.3 Å². The lowest BCUT2D eigenvalue weighted by Gasteiger charge is -2.35. The molecule has 1 atom stereocenters. The summed E-state index contributed by atoms with van der Waals surface area (Å²) in [6, 6.07) is 0. The molecule has 2 rings (SSSR count). The van der Waals surface area contributed by atoms with E-state index in [0.29, 0.717) is 51.3 Å². The maximum atomic E-state index is 12.5. The van der Waals surface area contributed by atoms with Crippen molar-refractivity contribution in [3.63, 3.8) is 0 Å². The molecule has 0 radical (unpaired) electrons. The van der Waals surface area contributed by atoms with Crippen LogP contribution in [0.2, 0.25) is 0 Å². The normalized spacial score (nSPS) is 14.9. The summed E-state index contributed by atoms with van der Waals surface area (Å²) in [5.41, 5.74) is 0.169. The predicted molar refractivity (Wildman–Crippen MR) is 144 cm³/mol. The van der Waals surface area contributed by atoms with Crippen LogP contribution in [0.5, 0.6) is 0 Å². The van der Waals surface area contributed by atoms with Gasteiger partial charge in [0.15, 0.2) is 0 Å². The number of aliphatic hydroxyl groups excluding tert-OH is 1. The van der Waals surface area contributed by atoms with Gasteiger partial charge in [-0.2, -0.15) is 0 Å². The number of aromatic nitrogens is 3. The Labute approximate surface area is 227 Å². The smallest absolute Gasteiger partial charge is 0.410 e. The van der Waals surface area contributed by atoms with Crippen molar-refractivity contribution in [2.45, 2.75) is 110 Å². The van der Waals surface area contributed by atoms with Gasteiger partial charge >= 0.3 is 6.09 Å². The lowest BCUT2D eigenvalue weighted by molar-refractivity contribution is -0.133. The molecule has 1 aromatic rings. The summed E-state index contributed by atoms with van der Waals surface area (Å²) >= 11 is 0. The monoisotopic (exact) mass is 536 g/mol. The van der Waals surface area contributed by atoms with Crippen LogP contribution in [-0.4, -0.2) is 92.2 Å². The average Bonchev–Trinajstić information content (AvgIpc) is 3.27. The first-order valence-electron chi connectivity index (χ1n) is 14.1. The maximum Gasteiger partial charge on any atom is 0.410 e. The number of nitrogens with one attached hydrogen (secondary N) is 1. The van der Waals surface area contributed by atoms with Crippen LogP contribution < -0.4 is 5.32 Å². The van der Waals surface area contributed by atoms with Gasteiger partial charge in [-0.15, -0.1) is 5.10 Å². The van der Waals surface area contributed by atoms with Crippen molar-refractivity contribution in [2.24, 2.45) is 0 Å². The second-order valence-electron chi connectivity index (χ2n) is 11.2. The average molecular weight is 537 g/mol. The summed E-state index contributed by atoms with van der Waals surface area (Å²) < 4.78 is 6.90.